The minimum Gasteiger partial charge on any atom is -0.481 e. The molecule has 0 atom stereocenters. The Balaban J connectivity index is 1.65. The maximum Gasteiger partial charge on any atom is 0.305 e. The van der Waals surface area contributed by atoms with E-state index in [0.29, 0.717) is 35.9 Å². The first kappa shape index (κ1) is 17.7. The molecule has 1 aromatic heterocycles. The maximum absolute atomic E-state index is 12.8. The van der Waals surface area contributed by atoms with Gasteiger partial charge in [-0.1, -0.05) is 19.3 Å². The Labute approximate surface area is 156 Å². The Hall–Kier alpha value is -2.70. The van der Waals surface area contributed by atoms with Crippen LogP contribution in [0.2, 0.25) is 0 Å². The Morgan fingerprint density at radius 3 is 2.70 bits per heavy atom. The number of nitrogens with zero attached hydrogens (tertiary/aromatic N) is 2. The second-order valence-corrected chi connectivity index (χ2v) is 7.69. The van der Waals surface area contributed by atoms with Gasteiger partial charge in [0.2, 0.25) is 0 Å². The molecule has 2 heterocycles. The fraction of sp³-hybridized carbons (Fsp3) is 0.500. The molecule has 1 saturated carbocycles. The van der Waals surface area contributed by atoms with E-state index in [4.69, 9.17) is 0 Å². The van der Waals surface area contributed by atoms with Crippen molar-refractivity contribution in [2.75, 3.05) is 0 Å². The number of fused-ring (bicyclic) bond motifs is 2. The zero-order valence-corrected chi connectivity index (χ0v) is 15.2. The first-order chi connectivity index (χ1) is 13.0. The molecular formula is C20H23N3O4. The summed E-state index contributed by atoms with van der Waals surface area (Å²) in [5.41, 5.74) is 0.180. The van der Waals surface area contributed by atoms with Crippen molar-refractivity contribution in [2.45, 2.75) is 63.5 Å². The number of carboxylic acid groups (broad SMARTS) is 1. The van der Waals surface area contributed by atoms with Gasteiger partial charge >= 0.3 is 5.97 Å². The highest BCUT2D eigenvalue weighted by molar-refractivity contribution is 5.98. The molecule has 1 aliphatic heterocycles. The van der Waals surface area contributed by atoms with Crippen LogP contribution in [-0.2, 0) is 17.8 Å². The van der Waals surface area contributed by atoms with Crippen molar-refractivity contribution in [3.63, 3.8) is 0 Å². The third-order valence-corrected chi connectivity index (χ3v) is 5.76. The number of aromatic nitrogens is 2. The van der Waals surface area contributed by atoms with E-state index in [2.05, 4.69) is 10.3 Å². The summed E-state index contributed by atoms with van der Waals surface area (Å²) in [5.74, 6) is -0.442. The van der Waals surface area contributed by atoms with E-state index in [9.17, 15) is 19.5 Å². The van der Waals surface area contributed by atoms with E-state index in [0.717, 1.165) is 37.9 Å². The average molecular weight is 369 g/mol. The molecule has 0 spiro atoms. The third-order valence-electron chi connectivity index (χ3n) is 5.76. The van der Waals surface area contributed by atoms with Gasteiger partial charge in [-0.3, -0.25) is 19.0 Å². The van der Waals surface area contributed by atoms with E-state index in [-0.39, 0.29) is 17.9 Å². The normalized spacial score (nSPS) is 18.2. The number of nitrogens with one attached hydrogen (secondary N) is 1. The van der Waals surface area contributed by atoms with Gasteiger partial charge < -0.3 is 10.4 Å². The molecule has 0 unspecified atom stereocenters. The molecule has 4 rings (SSSR count). The molecule has 0 saturated heterocycles. The summed E-state index contributed by atoms with van der Waals surface area (Å²) in [6, 6.07) is 4.92. The second kappa shape index (κ2) is 6.79. The molecule has 27 heavy (non-hydrogen) atoms. The Kier molecular flexibility index (Phi) is 4.45. The van der Waals surface area contributed by atoms with Crippen LogP contribution in [0.5, 0.6) is 0 Å². The lowest BCUT2D eigenvalue weighted by molar-refractivity contribution is -0.139. The summed E-state index contributed by atoms with van der Waals surface area (Å²) in [6.45, 7) is 0.692. The predicted octanol–water partition coefficient (Wildman–Crippen LogP) is 2.25. The summed E-state index contributed by atoms with van der Waals surface area (Å²) in [6.07, 6.45) is 5.83. The van der Waals surface area contributed by atoms with E-state index in [1.165, 1.54) is 0 Å². The lowest BCUT2D eigenvalue weighted by Crippen LogP contribution is -2.51. The molecule has 1 aromatic carbocycles. The van der Waals surface area contributed by atoms with Crippen molar-refractivity contribution >= 4 is 22.8 Å². The van der Waals surface area contributed by atoms with Gasteiger partial charge in [0.25, 0.3) is 11.5 Å². The summed E-state index contributed by atoms with van der Waals surface area (Å²) in [5, 5.41) is 12.8. The van der Waals surface area contributed by atoms with Crippen molar-refractivity contribution in [1.29, 1.82) is 0 Å². The van der Waals surface area contributed by atoms with E-state index >= 15 is 0 Å². The number of carboxylic acids is 1. The van der Waals surface area contributed by atoms with Crippen molar-refractivity contribution in [3.05, 3.63) is 39.9 Å². The van der Waals surface area contributed by atoms with Crippen LogP contribution in [-0.4, -0.2) is 32.1 Å². The number of hydrogen-bond donors (Lipinski definition) is 2. The number of amides is 1. The van der Waals surface area contributed by atoms with Crippen molar-refractivity contribution in [1.82, 2.24) is 14.9 Å². The van der Waals surface area contributed by atoms with Crippen LogP contribution >= 0.6 is 0 Å². The van der Waals surface area contributed by atoms with Gasteiger partial charge in [-0.25, -0.2) is 4.98 Å². The number of carbonyl (C=O) groups is 2. The quantitative estimate of drug-likeness (QED) is 0.861. The van der Waals surface area contributed by atoms with Crippen molar-refractivity contribution in [3.8, 4) is 0 Å². The minimum atomic E-state index is -0.902. The molecule has 0 bridgehead atoms. The molecule has 2 aromatic rings. The number of benzene rings is 1. The van der Waals surface area contributed by atoms with Crippen LogP contribution < -0.4 is 10.9 Å². The topological polar surface area (TPSA) is 101 Å². The van der Waals surface area contributed by atoms with Crippen LogP contribution in [0.25, 0.3) is 10.9 Å². The first-order valence-electron chi connectivity index (χ1n) is 9.55. The molecule has 142 valence electrons. The van der Waals surface area contributed by atoms with Crippen LogP contribution in [0.1, 0.15) is 61.1 Å². The predicted molar refractivity (Wildman–Crippen MR) is 99.9 cm³/mol. The van der Waals surface area contributed by atoms with Gasteiger partial charge in [0.15, 0.2) is 0 Å². The standard InChI is InChI=1S/C20H23N3O4/c24-17(25)12-20(8-2-1-3-9-20)22-18(26)13-6-7-14-15(11-13)21-16-5-4-10-23(16)19(14)27/h6-7,11H,1-5,8-10,12H2,(H,22,26)(H,24,25). The molecule has 7 nitrogen and oxygen atoms in total. The van der Waals surface area contributed by atoms with E-state index in [1.54, 1.807) is 22.8 Å². The summed E-state index contributed by atoms with van der Waals surface area (Å²) in [7, 11) is 0. The molecule has 2 aliphatic rings. The number of carbonyl (C=O) groups excluding carboxylic acids is 1. The lowest BCUT2D eigenvalue weighted by Gasteiger charge is -2.37. The molecule has 1 aliphatic carbocycles. The fourth-order valence-electron chi connectivity index (χ4n) is 4.40. The number of hydrogen-bond acceptors (Lipinski definition) is 4. The zero-order valence-electron chi connectivity index (χ0n) is 15.2. The molecule has 7 heteroatoms. The van der Waals surface area contributed by atoms with Crippen LogP contribution in [0, 0.1) is 0 Å². The van der Waals surface area contributed by atoms with Gasteiger partial charge in [-0.2, -0.15) is 0 Å². The Morgan fingerprint density at radius 2 is 1.96 bits per heavy atom. The maximum atomic E-state index is 12.8. The number of aliphatic carboxylic acids is 1. The van der Waals surface area contributed by atoms with Gasteiger partial charge in [0.05, 0.1) is 22.9 Å². The van der Waals surface area contributed by atoms with Gasteiger partial charge in [-0.15, -0.1) is 0 Å². The smallest absolute Gasteiger partial charge is 0.305 e. The highest BCUT2D eigenvalue weighted by Gasteiger charge is 2.36. The Bertz CT molecular complexity index is 973. The van der Waals surface area contributed by atoms with Crippen LogP contribution in [0.3, 0.4) is 0 Å². The van der Waals surface area contributed by atoms with Gasteiger partial charge in [0.1, 0.15) is 5.82 Å². The highest BCUT2D eigenvalue weighted by atomic mass is 16.4. The molecule has 1 amide bonds. The highest BCUT2D eigenvalue weighted by Crippen LogP contribution is 2.31. The van der Waals surface area contributed by atoms with Crippen molar-refractivity contribution < 1.29 is 14.7 Å². The molecular weight excluding hydrogens is 346 g/mol. The average Bonchev–Trinajstić information content (AvgIpc) is 3.10. The van der Waals surface area contributed by atoms with Gasteiger partial charge in [0, 0.05) is 18.5 Å². The molecule has 2 N–H and O–H groups in total. The Morgan fingerprint density at radius 1 is 1.19 bits per heavy atom. The fourth-order valence-corrected chi connectivity index (χ4v) is 4.40. The van der Waals surface area contributed by atoms with E-state index < -0.39 is 11.5 Å². The summed E-state index contributed by atoms with van der Waals surface area (Å²) >= 11 is 0. The number of aryl methyl sites for hydroxylation is 1. The van der Waals surface area contributed by atoms with E-state index in [1.807, 2.05) is 0 Å². The number of rotatable bonds is 4. The van der Waals surface area contributed by atoms with Crippen molar-refractivity contribution in [2.24, 2.45) is 0 Å². The van der Waals surface area contributed by atoms with Crippen LogP contribution in [0.4, 0.5) is 0 Å². The zero-order chi connectivity index (χ0) is 19.0. The van der Waals surface area contributed by atoms with Crippen LogP contribution in [0.15, 0.2) is 23.0 Å². The second-order valence-electron chi connectivity index (χ2n) is 7.69. The summed E-state index contributed by atoms with van der Waals surface area (Å²) < 4.78 is 1.70. The minimum absolute atomic E-state index is 0.0610. The summed E-state index contributed by atoms with van der Waals surface area (Å²) in [4.78, 5) is 41.3. The largest absolute Gasteiger partial charge is 0.481 e. The monoisotopic (exact) mass is 369 g/mol. The first-order valence-corrected chi connectivity index (χ1v) is 9.55. The SMILES string of the molecule is O=C(O)CC1(NC(=O)c2ccc3c(=O)n4c(nc3c2)CCC4)CCCCC1. The lowest BCUT2D eigenvalue weighted by atomic mass is 9.79. The molecule has 0 radical (unpaired) electrons. The third kappa shape index (κ3) is 3.34. The molecule has 1 fully saturated rings. The van der Waals surface area contributed by atoms with Gasteiger partial charge in [-0.05, 0) is 37.5 Å².